The van der Waals surface area contributed by atoms with Crippen LogP contribution >= 0.6 is 24.0 Å². The molecule has 1 N–H and O–H groups in total. The van der Waals surface area contributed by atoms with Gasteiger partial charge in [0.2, 0.25) is 0 Å². The zero-order valence-electron chi connectivity index (χ0n) is 18.9. The summed E-state index contributed by atoms with van der Waals surface area (Å²) >= 11 is 6.92. The molecule has 2 atom stereocenters. The van der Waals surface area contributed by atoms with Gasteiger partial charge in [0.1, 0.15) is 4.32 Å². The van der Waals surface area contributed by atoms with Crippen LogP contribution in [0.15, 0.2) is 71.7 Å². The molecule has 1 aromatic heterocycles. The van der Waals surface area contributed by atoms with Crippen LogP contribution in [0.5, 0.6) is 0 Å². The van der Waals surface area contributed by atoms with Crippen LogP contribution in [0.3, 0.4) is 0 Å². The van der Waals surface area contributed by atoms with Crippen LogP contribution in [0, 0.1) is 12.8 Å². The van der Waals surface area contributed by atoms with Crippen LogP contribution in [0.1, 0.15) is 36.9 Å². The Balaban J connectivity index is 1.69. The van der Waals surface area contributed by atoms with Gasteiger partial charge in [0.25, 0.3) is 5.91 Å². The van der Waals surface area contributed by atoms with Crippen molar-refractivity contribution in [2.24, 2.45) is 5.92 Å². The van der Waals surface area contributed by atoms with Crippen LogP contribution in [0.4, 0.5) is 0 Å². The maximum Gasteiger partial charge on any atom is 0.306 e. The molecule has 1 saturated carbocycles. The highest BCUT2D eigenvalue weighted by Gasteiger charge is 2.35. The number of carbonyl (C=O) groups excluding carboxylic acids is 1. The molecule has 174 valence electrons. The third kappa shape index (κ3) is 5.54. The summed E-state index contributed by atoms with van der Waals surface area (Å²) in [5.41, 5.74) is 4.14. The van der Waals surface area contributed by atoms with E-state index in [1.54, 1.807) is 17.1 Å². The van der Waals surface area contributed by atoms with Gasteiger partial charge in [-0.25, -0.2) is 4.98 Å². The Kier molecular flexibility index (Phi) is 7.75. The molecule has 1 aliphatic heterocycles. The molecule has 1 aliphatic carbocycles. The van der Waals surface area contributed by atoms with Gasteiger partial charge in [-0.2, -0.15) is 0 Å². The van der Waals surface area contributed by atoms with E-state index in [1.807, 2.05) is 66.9 Å². The van der Waals surface area contributed by atoms with E-state index in [-0.39, 0.29) is 11.9 Å². The monoisotopic (exact) mass is 490 g/mol. The Hall–Kier alpha value is -3.03. The second-order valence-electron chi connectivity index (χ2n) is 8.46. The molecule has 1 aromatic carbocycles. The lowest BCUT2D eigenvalue weighted by Crippen LogP contribution is -2.46. The van der Waals surface area contributed by atoms with E-state index in [4.69, 9.17) is 17.2 Å². The minimum atomic E-state index is -0.812. The van der Waals surface area contributed by atoms with Gasteiger partial charge >= 0.3 is 5.97 Å². The number of thiocarbonyl (C=S) groups is 1. The predicted molar refractivity (Wildman–Crippen MR) is 141 cm³/mol. The molecule has 2 heterocycles. The summed E-state index contributed by atoms with van der Waals surface area (Å²) in [4.78, 5) is 31.8. The topological polar surface area (TPSA) is 70.5 Å². The molecular weight excluding hydrogens is 464 g/mol. The molecule has 34 heavy (non-hydrogen) atoms. The number of carboxylic acids is 1. The van der Waals surface area contributed by atoms with Gasteiger partial charge in [-0.05, 0) is 61.4 Å². The molecule has 4 rings (SSSR count). The van der Waals surface area contributed by atoms with E-state index in [0.29, 0.717) is 28.4 Å². The molecule has 0 radical (unpaired) electrons. The maximum absolute atomic E-state index is 13.8. The lowest BCUT2D eigenvalue weighted by Gasteiger charge is -2.36. The number of thioether (sulfide) groups is 1. The van der Waals surface area contributed by atoms with E-state index in [1.165, 1.54) is 11.8 Å². The third-order valence-corrected chi connectivity index (χ3v) is 7.33. The van der Waals surface area contributed by atoms with Crippen LogP contribution in [0.25, 0.3) is 17.3 Å². The van der Waals surface area contributed by atoms with Crippen molar-refractivity contribution in [2.45, 2.75) is 38.6 Å². The molecular formula is C27H26N2O3S2. The van der Waals surface area contributed by atoms with E-state index in [9.17, 15) is 14.7 Å². The number of aliphatic carboxylic acids is 1. The van der Waals surface area contributed by atoms with Crippen LogP contribution in [-0.2, 0) is 9.59 Å². The number of carboxylic acid groups (broad SMARTS) is 1. The lowest BCUT2D eigenvalue weighted by atomic mass is 9.85. The SMILES string of the molecule is Cc1ccccc1-c1cccc(C=C2C=CC=CSC(=S)N(C3CCCC(C(=O)O)C3)C2=O)n1. The lowest BCUT2D eigenvalue weighted by molar-refractivity contribution is -0.144. The summed E-state index contributed by atoms with van der Waals surface area (Å²) in [6.07, 6.45) is 9.73. The van der Waals surface area contributed by atoms with Crippen LogP contribution in [0.2, 0.25) is 0 Å². The second kappa shape index (κ2) is 10.9. The van der Waals surface area contributed by atoms with Crippen molar-refractivity contribution < 1.29 is 14.7 Å². The van der Waals surface area contributed by atoms with Crippen LogP contribution in [-0.4, -0.2) is 37.2 Å². The first kappa shape index (κ1) is 24.1. The molecule has 2 aliphatic rings. The summed E-state index contributed by atoms with van der Waals surface area (Å²) < 4.78 is 0.438. The minimum Gasteiger partial charge on any atom is -0.481 e. The van der Waals surface area contributed by atoms with E-state index >= 15 is 0 Å². The minimum absolute atomic E-state index is 0.225. The quantitative estimate of drug-likeness (QED) is 0.418. The van der Waals surface area contributed by atoms with Gasteiger partial charge in [-0.3, -0.25) is 14.5 Å². The molecule has 1 amide bonds. The first-order valence-electron chi connectivity index (χ1n) is 11.3. The van der Waals surface area contributed by atoms with Gasteiger partial charge in [0.05, 0.1) is 17.3 Å². The zero-order valence-corrected chi connectivity index (χ0v) is 20.5. The molecule has 0 saturated heterocycles. The normalized spacial score (nSPS) is 22.4. The number of benzene rings is 1. The number of hydrogen-bond acceptors (Lipinski definition) is 5. The van der Waals surface area contributed by atoms with E-state index < -0.39 is 11.9 Å². The van der Waals surface area contributed by atoms with Crippen molar-refractivity contribution in [1.29, 1.82) is 0 Å². The first-order chi connectivity index (χ1) is 16.4. The summed E-state index contributed by atoms with van der Waals surface area (Å²) in [5.74, 6) is -1.50. The largest absolute Gasteiger partial charge is 0.481 e. The fourth-order valence-corrected chi connectivity index (χ4v) is 5.43. The van der Waals surface area contributed by atoms with Gasteiger partial charge in [0.15, 0.2) is 0 Å². The van der Waals surface area contributed by atoms with Gasteiger partial charge in [-0.15, -0.1) is 0 Å². The third-order valence-electron chi connectivity index (χ3n) is 6.15. The number of rotatable bonds is 4. The standard InChI is InChI=1S/C27H26N2O3S2/c1-18-8-2-3-13-23(18)24-14-7-11-21(28-24)16-19-9-4-5-15-34-27(33)29(25(19)30)22-12-6-10-20(17-22)26(31)32/h2-5,7-9,11,13-16,20,22H,6,10,12,17H2,1H3,(H,31,32). The summed E-state index contributed by atoms with van der Waals surface area (Å²) in [6.45, 7) is 2.05. The Labute approximate surface area is 209 Å². The number of carbonyl (C=O) groups is 2. The van der Waals surface area contributed by atoms with Gasteiger partial charge < -0.3 is 5.11 Å². The molecule has 2 unspecified atom stereocenters. The van der Waals surface area contributed by atoms with Crippen molar-refractivity contribution in [1.82, 2.24) is 9.88 Å². The van der Waals surface area contributed by atoms with Crippen LogP contribution < -0.4 is 0 Å². The fourth-order valence-electron chi connectivity index (χ4n) is 4.40. The number of allylic oxidation sites excluding steroid dienone is 2. The molecule has 7 heteroatoms. The van der Waals surface area contributed by atoms with Gasteiger partial charge in [0, 0.05) is 17.2 Å². The van der Waals surface area contributed by atoms with Crippen molar-refractivity contribution in [3.63, 3.8) is 0 Å². The number of pyridine rings is 1. The highest BCUT2D eigenvalue weighted by atomic mass is 32.2. The molecule has 0 spiro atoms. The van der Waals surface area contributed by atoms with E-state index in [0.717, 1.165) is 29.7 Å². The fraction of sp³-hybridized carbons (Fsp3) is 0.259. The number of amides is 1. The predicted octanol–water partition coefficient (Wildman–Crippen LogP) is 6.01. The summed E-state index contributed by atoms with van der Waals surface area (Å²) in [7, 11) is 0. The summed E-state index contributed by atoms with van der Waals surface area (Å²) in [6, 6.07) is 13.6. The first-order valence-corrected chi connectivity index (χ1v) is 12.6. The highest BCUT2D eigenvalue weighted by molar-refractivity contribution is 8.24. The Morgan fingerprint density at radius 3 is 2.79 bits per heavy atom. The van der Waals surface area contributed by atoms with Crippen molar-refractivity contribution in [3.8, 4) is 11.3 Å². The Morgan fingerprint density at radius 2 is 2.00 bits per heavy atom. The smallest absolute Gasteiger partial charge is 0.306 e. The van der Waals surface area contributed by atoms with Crippen molar-refractivity contribution in [2.75, 3.05) is 0 Å². The Morgan fingerprint density at radius 1 is 1.18 bits per heavy atom. The zero-order chi connectivity index (χ0) is 24.1. The number of aromatic nitrogens is 1. The Bertz CT molecular complexity index is 1200. The maximum atomic E-state index is 13.8. The number of nitrogens with zero attached hydrogens (tertiary/aromatic N) is 2. The average Bonchev–Trinajstić information content (AvgIpc) is 2.89. The average molecular weight is 491 g/mol. The molecule has 2 aromatic rings. The van der Waals surface area contributed by atoms with Crippen molar-refractivity contribution >= 4 is 46.3 Å². The second-order valence-corrected chi connectivity index (χ2v) is 10.0. The number of hydrogen-bond donors (Lipinski definition) is 1. The highest BCUT2D eigenvalue weighted by Crippen LogP contribution is 2.32. The van der Waals surface area contributed by atoms with Crippen molar-refractivity contribution in [3.05, 3.63) is 82.9 Å². The van der Waals surface area contributed by atoms with Gasteiger partial charge in [-0.1, -0.05) is 72.9 Å². The molecule has 1 fully saturated rings. The molecule has 5 nitrogen and oxygen atoms in total. The summed E-state index contributed by atoms with van der Waals surface area (Å²) in [5, 5.41) is 11.4. The molecule has 0 bridgehead atoms. The number of aryl methyl sites for hydroxylation is 1. The van der Waals surface area contributed by atoms with E-state index in [2.05, 4.69) is 0 Å².